The first-order chi connectivity index (χ1) is 11.5. The number of halogens is 1. The molecule has 3 aromatic rings. The second-order valence-electron chi connectivity index (χ2n) is 6.08. The largest absolute Gasteiger partial charge is 0.475 e. The fraction of sp³-hybridized carbons (Fsp3) is 0.467. The highest BCUT2D eigenvalue weighted by atomic mass is 35.5. The Balaban J connectivity index is 1.85. The van der Waals surface area contributed by atoms with E-state index in [9.17, 15) is 0 Å². The second kappa shape index (κ2) is 5.62. The molecule has 0 atom stereocenters. The number of aryl methyl sites for hydroxylation is 1. The van der Waals surface area contributed by atoms with Gasteiger partial charge in [-0.2, -0.15) is 10.1 Å². The molecule has 8 nitrogen and oxygen atoms in total. The minimum Gasteiger partial charge on any atom is -0.475 e. The van der Waals surface area contributed by atoms with Crippen molar-refractivity contribution in [1.82, 2.24) is 29.5 Å². The van der Waals surface area contributed by atoms with Gasteiger partial charge in [0.05, 0.1) is 17.7 Å². The van der Waals surface area contributed by atoms with Crippen molar-refractivity contribution >= 4 is 34.3 Å². The molecule has 1 N–H and O–H groups in total. The van der Waals surface area contributed by atoms with E-state index < -0.39 is 0 Å². The molecular formula is C15H18ClN7O. The number of fused-ring (bicyclic) bond motifs is 2. The van der Waals surface area contributed by atoms with E-state index >= 15 is 0 Å². The molecular weight excluding hydrogens is 330 g/mol. The zero-order valence-electron chi connectivity index (χ0n) is 13.7. The van der Waals surface area contributed by atoms with E-state index in [-0.39, 0.29) is 6.04 Å². The smallest absolute Gasteiger partial charge is 0.257 e. The Hall–Kier alpha value is -2.35. The maximum Gasteiger partial charge on any atom is 0.257 e. The maximum absolute atomic E-state index is 6.17. The van der Waals surface area contributed by atoms with Gasteiger partial charge in [-0.25, -0.2) is 9.67 Å². The van der Waals surface area contributed by atoms with Gasteiger partial charge in [-0.1, -0.05) is 11.6 Å². The molecule has 0 aromatic carbocycles. The second-order valence-corrected chi connectivity index (χ2v) is 6.43. The maximum atomic E-state index is 6.17. The third-order valence-electron chi connectivity index (χ3n) is 4.04. The number of ether oxygens (including phenoxy) is 1. The average molecular weight is 348 g/mol. The molecule has 0 radical (unpaired) electrons. The Labute approximate surface area is 143 Å². The number of rotatable bonds is 1. The van der Waals surface area contributed by atoms with Gasteiger partial charge in [0.15, 0.2) is 10.8 Å². The van der Waals surface area contributed by atoms with Gasteiger partial charge < -0.3 is 10.1 Å². The lowest BCUT2D eigenvalue weighted by Gasteiger charge is -2.08. The van der Waals surface area contributed by atoms with E-state index in [1.165, 1.54) is 0 Å². The van der Waals surface area contributed by atoms with Gasteiger partial charge in [-0.05, 0) is 20.8 Å². The molecule has 3 aromatic heterocycles. The molecule has 126 valence electrons. The van der Waals surface area contributed by atoms with Crippen LogP contribution in [-0.2, 0) is 6.54 Å². The zero-order chi connectivity index (χ0) is 16.8. The molecule has 0 unspecified atom stereocenters. The fourth-order valence-corrected chi connectivity index (χ4v) is 3.10. The molecule has 0 spiro atoms. The van der Waals surface area contributed by atoms with Crippen molar-refractivity contribution < 1.29 is 4.74 Å². The van der Waals surface area contributed by atoms with Crippen molar-refractivity contribution in [3.63, 3.8) is 0 Å². The zero-order valence-corrected chi connectivity index (χ0v) is 14.5. The molecule has 4 rings (SSSR count). The topological polar surface area (TPSA) is 82.7 Å². The molecule has 4 heterocycles. The summed E-state index contributed by atoms with van der Waals surface area (Å²) in [6.45, 7) is 7.37. The van der Waals surface area contributed by atoms with Crippen LogP contribution < -0.4 is 10.1 Å². The van der Waals surface area contributed by atoms with Crippen molar-refractivity contribution in [3.05, 3.63) is 17.0 Å². The van der Waals surface area contributed by atoms with E-state index in [1.807, 2.05) is 11.6 Å². The van der Waals surface area contributed by atoms with Crippen LogP contribution in [0.4, 0.5) is 11.6 Å². The van der Waals surface area contributed by atoms with Crippen molar-refractivity contribution in [2.75, 3.05) is 11.9 Å². The summed E-state index contributed by atoms with van der Waals surface area (Å²) in [7, 11) is 0. The number of anilines is 2. The standard InChI is InChI=1S/C15H18ClN7O/c1-8(2)23-9(3)11-14(21-23)24-6-4-5-22-13-10(12(16)20-22)7-17-15(18-11)19-13/h7-8H,4-6H2,1-3H3,(H,17,18,19). The van der Waals surface area contributed by atoms with Crippen LogP contribution in [0.3, 0.4) is 0 Å². The molecule has 0 amide bonds. The minimum absolute atomic E-state index is 0.236. The van der Waals surface area contributed by atoms with Gasteiger partial charge in [0.1, 0.15) is 5.69 Å². The van der Waals surface area contributed by atoms with Crippen LogP contribution in [-0.4, -0.2) is 36.1 Å². The van der Waals surface area contributed by atoms with E-state index in [0.717, 1.165) is 28.8 Å². The lowest BCUT2D eigenvalue weighted by Crippen LogP contribution is -2.08. The number of aromatic nitrogens is 6. The lowest BCUT2D eigenvalue weighted by molar-refractivity contribution is 0.285. The quantitative estimate of drug-likeness (QED) is 0.728. The van der Waals surface area contributed by atoms with E-state index in [0.29, 0.717) is 30.1 Å². The summed E-state index contributed by atoms with van der Waals surface area (Å²) < 4.78 is 9.61. The number of nitrogens with zero attached hydrogens (tertiary/aromatic N) is 6. The first-order valence-corrected chi connectivity index (χ1v) is 8.30. The molecule has 2 bridgehead atoms. The van der Waals surface area contributed by atoms with Crippen LogP contribution in [0.1, 0.15) is 32.0 Å². The van der Waals surface area contributed by atoms with Crippen LogP contribution in [0.25, 0.3) is 11.0 Å². The fourth-order valence-electron chi connectivity index (χ4n) is 2.87. The van der Waals surface area contributed by atoms with Crippen LogP contribution in [0.5, 0.6) is 5.88 Å². The number of nitrogens with one attached hydrogen (secondary N) is 1. The summed E-state index contributed by atoms with van der Waals surface area (Å²) in [5.41, 5.74) is 2.49. The Morgan fingerprint density at radius 3 is 2.96 bits per heavy atom. The van der Waals surface area contributed by atoms with Gasteiger partial charge >= 0.3 is 0 Å². The molecule has 1 aliphatic heterocycles. The van der Waals surface area contributed by atoms with Gasteiger partial charge in [0, 0.05) is 25.2 Å². The summed E-state index contributed by atoms with van der Waals surface area (Å²) in [6, 6.07) is 0.236. The molecule has 24 heavy (non-hydrogen) atoms. The predicted octanol–water partition coefficient (Wildman–Crippen LogP) is 3.09. The highest BCUT2D eigenvalue weighted by Gasteiger charge is 2.21. The third kappa shape index (κ3) is 2.37. The van der Waals surface area contributed by atoms with Crippen molar-refractivity contribution in [2.24, 2.45) is 0 Å². The Morgan fingerprint density at radius 2 is 2.17 bits per heavy atom. The molecule has 1 aliphatic rings. The van der Waals surface area contributed by atoms with Crippen LogP contribution in [0.2, 0.25) is 5.15 Å². The molecule has 9 heteroatoms. The van der Waals surface area contributed by atoms with Crippen LogP contribution >= 0.6 is 11.6 Å². The normalized spacial score (nSPS) is 14.4. The van der Waals surface area contributed by atoms with Crippen LogP contribution in [0, 0.1) is 6.92 Å². The van der Waals surface area contributed by atoms with E-state index in [2.05, 4.69) is 39.3 Å². The third-order valence-corrected chi connectivity index (χ3v) is 4.32. The summed E-state index contributed by atoms with van der Waals surface area (Å²) in [5.74, 6) is 1.04. The molecule has 0 saturated carbocycles. The predicted molar refractivity (Wildman–Crippen MR) is 91.1 cm³/mol. The number of hydrogen-bond donors (Lipinski definition) is 1. The van der Waals surface area contributed by atoms with Gasteiger partial charge in [-0.3, -0.25) is 4.68 Å². The summed E-state index contributed by atoms with van der Waals surface area (Å²) in [4.78, 5) is 8.92. The van der Waals surface area contributed by atoms with Crippen molar-refractivity contribution in [1.29, 1.82) is 0 Å². The van der Waals surface area contributed by atoms with E-state index in [4.69, 9.17) is 16.3 Å². The van der Waals surface area contributed by atoms with Crippen molar-refractivity contribution in [2.45, 2.75) is 39.8 Å². The van der Waals surface area contributed by atoms with Gasteiger partial charge in [-0.15, -0.1) is 5.10 Å². The lowest BCUT2D eigenvalue weighted by atomic mass is 10.3. The summed E-state index contributed by atoms with van der Waals surface area (Å²) in [6.07, 6.45) is 2.47. The first-order valence-electron chi connectivity index (χ1n) is 7.92. The Morgan fingerprint density at radius 1 is 1.33 bits per heavy atom. The Kier molecular flexibility index (Phi) is 3.56. The highest BCUT2D eigenvalue weighted by Crippen LogP contribution is 2.32. The monoisotopic (exact) mass is 347 g/mol. The van der Waals surface area contributed by atoms with Crippen LogP contribution in [0.15, 0.2) is 6.20 Å². The van der Waals surface area contributed by atoms with E-state index in [1.54, 1.807) is 10.9 Å². The first kappa shape index (κ1) is 15.2. The molecule has 0 aliphatic carbocycles. The van der Waals surface area contributed by atoms with Gasteiger partial charge in [0.25, 0.3) is 5.88 Å². The SMILES string of the molecule is Cc1c2c(nn1C(C)C)OCCCn1nc(Cl)c3cnc(nc31)N2. The van der Waals surface area contributed by atoms with Gasteiger partial charge in [0.2, 0.25) is 5.95 Å². The highest BCUT2D eigenvalue weighted by molar-refractivity contribution is 6.34. The summed E-state index contributed by atoms with van der Waals surface area (Å²) in [5, 5.41) is 13.3. The number of hydrogen-bond acceptors (Lipinski definition) is 6. The average Bonchev–Trinajstić information content (AvgIpc) is 3.02. The Bertz CT molecular complexity index is 914. The molecule has 0 fully saturated rings. The summed E-state index contributed by atoms with van der Waals surface area (Å²) >= 11 is 6.17. The molecule has 0 saturated heterocycles. The van der Waals surface area contributed by atoms with Crippen molar-refractivity contribution in [3.8, 4) is 5.88 Å². The minimum atomic E-state index is 0.236.